The Kier molecular flexibility index (Phi) is 2.27. The fourth-order valence-corrected chi connectivity index (χ4v) is 1.86. The van der Waals surface area contributed by atoms with Gasteiger partial charge in [-0.2, -0.15) is 4.79 Å². The minimum Gasteiger partial charge on any atom is -0.361 e. The van der Waals surface area contributed by atoms with Crippen LogP contribution in [-0.4, -0.2) is 22.6 Å². The van der Waals surface area contributed by atoms with Crippen LogP contribution in [-0.2, 0) is 4.79 Å². The summed E-state index contributed by atoms with van der Waals surface area (Å²) in [7, 11) is 0. The van der Waals surface area contributed by atoms with E-state index < -0.39 is 5.92 Å². The molecule has 0 bridgehead atoms. The lowest BCUT2D eigenvalue weighted by atomic mass is 9.97. The second-order valence-electron chi connectivity index (χ2n) is 3.41. The number of fused-ring (bicyclic) bond motifs is 1. The topological polar surface area (TPSA) is 70.5 Å². The van der Waals surface area contributed by atoms with Gasteiger partial charge in [-0.05, 0) is 5.56 Å². The Morgan fingerprint density at radius 2 is 2.20 bits per heavy atom. The van der Waals surface area contributed by atoms with Gasteiger partial charge in [-0.3, -0.25) is 9.59 Å². The zero-order valence-electron chi connectivity index (χ0n) is 7.88. The van der Waals surface area contributed by atoms with E-state index >= 15 is 0 Å². The van der Waals surface area contributed by atoms with Gasteiger partial charge in [0.05, 0.1) is 5.92 Å². The number of benzene rings is 1. The van der Waals surface area contributed by atoms with E-state index in [1.807, 2.05) is 0 Å². The molecule has 0 heterocycles. The van der Waals surface area contributed by atoms with Crippen molar-refractivity contribution in [1.82, 2.24) is 0 Å². The molecule has 1 aromatic rings. The molecule has 0 saturated carbocycles. The predicted molar refractivity (Wildman–Crippen MR) is 52.8 cm³/mol. The highest BCUT2D eigenvalue weighted by molar-refractivity contribution is 6.30. The normalized spacial score (nSPS) is 18.1. The third-order valence-corrected chi connectivity index (χ3v) is 2.55. The van der Waals surface area contributed by atoms with E-state index in [1.165, 1.54) is 0 Å². The van der Waals surface area contributed by atoms with Crippen molar-refractivity contribution in [2.45, 2.75) is 12.3 Å². The maximum Gasteiger partial charge on any atom is 0.323 e. The second-order valence-corrected chi connectivity index (χ2v) is 3.41. The molecule has 1 aromatic carbocycles. The van der Waals surface area contributed by atoms with Gasteiger partial charge < -0.3 is 5.53 Å². The van der Waals surface area contributed by atoms with Gasteiger partial charge in [0.2, 0.25) is 5.78 Å². The zero-order valence-corrected chi connectivity index (χ0v) is 7.88. The molecule has 0 amide bonds. The SMILES string of the molecule is [N-]=[N+]=CC(=O)C1CC(=O)c2ccccc21. The van der Waals surface area contributed by atoms with Crippen molar-refractivity contribution >= 4 is 17.8 Å². The van der Waals surface area contributed by atoms with Crippen LogP contribution in [0.1, 0.15) is 28.3 Å². The van der Waals surface area contributed by atoms with Gasteiger partial charge in [0.1, 0.15) is 0 Å². The first-order valence-electron chi connectivity index (χ1n) is 4.57. The molecule has 15 heavy (non-hydrogen) atoms. The molecule has 4 nitrogen and oxygen atoms in total. The largest absolute Gasteiger partial charge is 0.361 e. The highest BCUT2D eigenvalue weighted by Crippen LogP contribution is 2.32. The van der Waals surface area contributed by atoms with Gasteiger partial charge in [0.25, 0.3) is 0 Å². The van der Waals surface area contributed by atoms with Crippen molar-refractivity contribution in [2.24, 2.45) is 0 Å². The Morgan fingerprint density at radius 3 is 2.93 bits per heavy atom. The van der Waals surface area contributed by atoms with Crippen LogP contribution in [0.5, 0.6) is 0 Å². The monoisotopic (exact) mass is 200 g/mol. The molecule has 4 heteroatoms. The molecule has 1 aliphatic rings. The van der Waals surface area contributed by atoms with Crippen LogP contribution in [0.2, 0.25) is 0 Å². The Morgan fingerprint density at radius 1 is 1.47 bits per heavy atom. The van der Waals surface area contributed by atoms with Crippen LogP contribution in [0.25, 0.3) is 5.53 Å². The van der Waals surface area contributed by atoms with Crippen LogP contribution in [0.3, 0.4) is 0 Å². The lowest BCUT2D eigenvalue weighted by Crippen LogP contribution is -2.11. The molecular weight excluding hydrogens is 192 g/mol. The summed E-state index contributed by atoms with van der Waals surface area (Å²) in [6.07, 6.45) is 1.02. The Bertz CT molecular complexity index is 487. The minimum absolute atomic E-state index is 0.0321. The number of rotatable bonds is 2. The van der Waals surface area contributed by atoms with E-state index in [4.69, 9.17) is 5.53 Å². The summed E-state index contributed by atoms with van der Waals surface area (Å²) in [5.41, 5.74) is 9.60. The molecule has 0 fully saturated rings. The van der Waals surface area contributed by atoms with E-state index in [9.17, 15) is 9.59 Å². The minimum atomic E-state index is -0.482. The van der Waals surface area contributed by atoms with Gasteiger partial charge >= 0.3 is 6.21 Å². The summed E-state index contributed by atoms with van der Waals surface area (Å²) in [5, 5.41) is 0. The number of carbonyl (C=O) groups excluding carboxylic acids is 2. The number of nitrogens with zero attached hydrogens (tertiary/aromatic N) is 2. The highest BCUT2D eigenvalue weighted by Gasteiger charge is 2.34. The standard InChI is InChI=1S/C11H8N2O2/c12-13-6-11(15)9-5-10(14)8-4-2-1-3-7(8)9/h1-4,6,9H,5H2. The van der Waals surface area contributed by atoms with Crippen LogP contribution in [0.15, 0.2) is 24.3 Å². The third-order valence-electron chi connectivity index (χ3n) is 2.55. The van der Waals surface area contributed by atoms with Crippen molar-refractivity contribution in [3.8, 4) is 0 Å². The quantitative estimate of drug-likeness (QED) is 0.409. The molecule has 1 atom stereocenters. The zero-order chi connectivity index (χ0) is 10.8. The average molecular weight is 200 g/mol. The van der Waals surface area contributed by atoms with Crippen molar-refractivity contribution in [3.63, 3.8) is 0 Å². The van der Waals surface area contributed by atoms with Crippen LogP contribution in [0.4, 0.5) is 0 Å². The number of carbonyl (C=O) groups is 2. The fourth-order valence-electron chi connectivity index (χ4n) is 1.86. The molecule has 0 aromatic heterocycles. The first kappa shape index (κ1) is 9.49. The van der Waals surface area contributed by atoms with Gasteiger partial charge in [0.15, 0.2) is 5.78 Å². The number of hydrogen-bond acceptors (Lipinski definition) is 2. The third kappa shape index (κ3) is 1.51. The molecule has 0 radical (unpaired) electrons. The Labute approximate surface area is 86.2 Å². The first-order chi connectivity index (χ1) is 7.24. The van der Waals surface area contributed by atoms with E-state index in [2.05, 4.69) is 4.79 Å². The molecule has 1 unspecified atom stereocenters. The highest BCUT2D eigenvalue weighted by atomic mass is 16.1. The summed E-state index contributed by atoms with van der Waals surface area (Å²) in [6, 6.07) is 7.02. The molecule has 0 aliphatic heterocycles. The summed E-state index contributed by atoms with van der Waals surface area (Å²) in [4.78, 5) is 25.7. The average Bonchev–Trinajstić information content (AvgIpc) is 2.58. The maximum absolute atomic E-state index is 11.5. The lowest BCUT2D eigenvalue weighted by molar-refractivity contribution is -0.117. The smallest absolute Gasteiger partial charge is 0.323 e. The van der Waals surface area contributed by atoms with Gasteiger partial charge in [-0.1, -0.05) is 24.3 Å². The number of Topliss-reactive ketones (excluding diaryl/α,β-unsaturated/α-hetero) is 2. The number of hydrogen-bond donors (Lipinski definition) is 0. The fraction of sp³-hybridized carbons (Fsp3) is 0.182. The molecule has 0 saturated heterocycles. The summed E-state index contributed by atoms with van der Waals surface area (Å²) in [5.74, 6) is -0.851. The van der Waals surface area contributed by atoms with E-state index in [-0.39, 0.29) is 18.0 Å². The van der Waals surface area contributed by atoms with Crippen molar-refractivity contribution < 1.29 is 14.4 Å². The molecule has 74 valence electrons. The van der Waals surface area contributed by atoms with Crippen LogP contribution in [0, 0.1) is 0 Å². The van der Waals surface area contributed by atoms with Crippen molar-refractivity contribution in [3.05, 3.63) is 40.9 Å². The Hall–Kier alpha value is -2.06. The molecule has 1 aliphatic carbocycles. The summed E-state index contributed by atoms with van der Waals surface area (Å²) in [6.45, 7) is 0. The summed E-state index contributed by atoms with van der Waals surface area (Å²) < 4.78 is 0. The van der Waals surface area contributed by atoms with Crippen molar-refractivity contribution in [1.29, 1.82) is 0 Å². The second kappa shape index (κ2) is 3.59. The predicted octanol–water partition coefficient (Wildman–Crippen LogP) is 1.23. The molecule has 0 N–H and O–H groups in total. The van der Waals surface area contributed by atoms with E-state index in [1.54, 1.807) is 24.3 Å². The van der Waals surface area contributed by atoms with Gasteiger partial charge in [-0.15, -0.1) is 0 Å². The molecular formula is C11H8N2O2. The summed E-state index contributed by atoms with van der Waals surface area (Å²) >= 11 is 0. The van der Waals surface area contributed by atoms with E-state index in [0.717, 1.165) is 11.8 Å². The molecule has 0 spiro atoms. The van der Waals surface area contributed by atoms with Gasteiger partial charge in [-0.25, -0.2) is 0 Å². The van der Waals surface area contributed by atoms with Crippen molar-refractivity contribution in [2.75, 3.05) is 0 Å². The van der Waals surface area contributed by atoms with E-state index in [0.29, 0.717) is 5.56 Å². The van der Waals surface area contributed by atoms with Crippen LogP contribution >= 0.6 is 0 Å². The van der Waals surface area contributed by atoms with Gasteiger partial charge in [0, 0.05) is 12.0 Å². The first-order valence-corrected chi connectivity index (χ1v) is 4.57. The number of ketones is 2. The Balaban J connectivity index is 2.45. The lowest BCUT2D eigenvalue weighted by Gasteiger charge is -2.02. The van der Waals surface area contributed by atoms with Crippen LogP contribution < -0.4 is 0 Å². The maximum atomic E-state index is 11.5. The molecule has 2 rings (SSSR count).